The first-order valence-corrected chi connectivity index (χ1v) is 7.34. The highest BCUT2D eigenvalue weighted by Gasteiger charge is 2.30. The van der Waals surface area contributed by atoms with Crippen molar-refractivity contribution in [3.63, 3.8) is 0 Å². The number of hydrogen-bond acceptors (Lipinski definition) is 3. The zero-order chi connectivity index (χ0) is 18.4. The second-order valence-corrected chi connectivity index (χ2v) is 5.17. The standard InChI is InChI=1S/C17H17F3N2O3/c1-25-15-8-3-2-7-13(15)14(23)10-21-16(24)22-12-6-4-5-11(9-12)17(18,19)20/h2-9,14,23H,10H2,1H3,(H2,21,22,24)/t14-/m0/s1. The van der Waals surface area contributed by atoms with E-state index in [1.165, 1.54) is 19.2 Å². The van der Waals surface area contributed by atoms with Crippen LogP contribution >= 0.6 is 0 Å². The van der Waals surface area contributed by atoms with Gasteiger partial charge in [0, 0.05) is 17.8 Å². The number of urea groups is 1. The van der Waals surface area contributed by atoms with Gasteiger partial charge in [-0.3, -0.25) is 0 Å². The van der Waals surface area contributed by atoms with Crippen LogP contribution in [0.25, 0.3) is 0 Å². The minimum absolute atomic E-state index is 0.000827. The number of carbonyl (C=O) groups excluding carboxylic acids is 1. The van der Waals surface area contributed by atoms with E-state index in [0.717, 1.165) is 12.1 Å². The first-order chi connectivity index (χ1) is 11.8. The third-order valence-electron chi connectivity index (χ3n) is 3.40. The highest BCUT2D eigenvalue weighted by molar-refractivity contribution is 5.89. The Balaban J connectivity index is 1.95. The van der Waals surface area contributed by atoms with Gasteiger partial charge in [-0.2, -0.15) is 13.2 Å². The molecule has 0 radical (unpaired) electrons. The lowest BCUT2D eigenvalue weighted by Gasteiger charge is -2.16. The van der Waals surface area contributed by atoms with Crippen LogP contribution in [0, 0.1) is 0 Å². The molecular formula is C17H17F3N2O3. The Morgan fingerprint density at radius 3 is 2.60 bits per heavy atom. The van der Waals surface area contributed by atoms with Gasteiger partial charge in [0.25, 0.3) is 0 Å². The summed E-state index contributed by atoms with van der Waals surface area (Å²) in [7, 11) is 1.46. The minimum Gasteiger partial charge on any atom is -0.496 e. The fourth-order valence-corrected chi connectivity index (χ4v) is 2.19. The van der Waals surface area contributed by atoms with Crippen molar-refractivity contribution in [3.8, 4) is 5.75 Å². The number of alkyl halides is 3. The van der Waals surface area contributed by atoms with E-state index in [1.54, 1.807) is 24.3 Å². The van der Waals surface area contributed by atoms with Gasteiger partial charge in [0.1, 0.15) is 5.75 Å². The normalized spacial score (nSPS) is 12.4. The smallest absolute Gasteiger partial charge is 0.416 e. The number of methoxy groups -OCH3 is 1. The summed E-state index contributed by atoms with van der Waals surface area (Å²) in [6.07, 6.45) is -5.52. The molecule has 0 spiro atoms. The van der Waals surface area contributed by atoms with Crippen molar-refractivity contribution in [2.75, 3.05) is 19.0 Å². The van der Waals surface area contributed by atoms with Crippen molar-refractivity contribution in [3.05, 3.63) is 59.7 Å². The van der Waals surface area contributed by atoms with E-state index < -0.39 is 23.9 Å². The van der Waals surface area contributed by atoms with Crippen molar-refractivity contribution in [1.82, 2.24) is 5.32 Å². The summed E-state index contributed by atoms with van der Waals surface area (Å²) in [5, 5.41) is 14.8. The molecule has 0 aliphatic heterocycles. The number of carbonyl (C=O) groups is 1. The van der Waals surface area contributed by atoms with Crippen molar-refractivity contribution in [2.24, 2.45) is 0 Å². The maximum atomic E-state index is 12.6. The fourth-order valence-electron chi connectivity index (χ4n) is 2.19. The Bertz CT molecular complexity index is 735. The summed E-state index contributed by atoms with van der Waals surface area (Å²) in [6.45, 7) is -0.134. The van der Waals surface area contributed by atoms with Crippen LogP contribution in [0.5, 0.6) is 5.75 Å². The largest absolute Gasteiger partial charge is 0.496 e. The van der Waals surface area contributed by atoms with Crippen LogP contribution in [0.1, 0.15) is 17.2 Å². The number of hydrogen-bond donors (Lipinski definition) is 3. The molecule has 2 amide bonds. The van der Waals surface area contributed by atoms with Crippen LogP contribution in [0.2, 0.25) is 0 Å². The Morgan fingerprint density at radius 2 is 1.92 bits per heavy atom. The van der Waals surface area contributed by atoms with E-state index in [-0.39, 0.29) is 12.2 Å². The molecule has 1 atom stereocenters. The van der Waals surface area contributed by atoms with Crippen LogP contribution in [-0.2, 0) is 6.18 Å². The van der Waals surface area contributed by atoms with E-state index in [0.29, 0.717) is 11.3 Å². The lowest BCUT2D eigenvalue weighted by molar-refractivity contribution is -0.137. The summed E-state index contributed by atoms with van der Waals surface area (Å²) in [4.78, 5) is 11.8. The lowest BCUT2D eigenvalue weighted by atomic mass is 10.1. The summed E-state index contributed by atoms with van der Waals surface area (Å²) in [6, 6.07) is 10.3. The molecule has 0 heterocycles. The molecule has 0 aliphatic carbocycles. The molecule has 3 N–H and O–H groups in total. The number of benzene rings is 2. The SMILES string of the molecule is COc1ccccc1[C@@H](O)CNC(=O)Nc1cccc(C(F)(F)F)c1. The van der Waals surface area contributed by atoms with Crippen LogP contribution in [0.4, 0.5) is 23.7 Å². The molecule has 2 aromatic rings. The van der Waals surface area contributed by atoms with Crippen molar-refractivity contribution in [2.45, 2.75) is 12.3 Å². The molecule has 0 bridgehead atoms. The molecule has 0 saturated carbocycles. The van der Waals surface area contributed by atoms with Gasteiger partial charge in [-0.05, 0) is 24.3 Å². The van der Waals surface area contributed by atoms with Crippen LogP contribution < -0.4 is 15.4 Å². The topological polar surface area (TPSA) is 70.6 Å². The quantitative estimate of drug-likeness (QED) is 0.769. The van der Waals surface area contributed by atoms with E-state index >= 15 is 0 Å². The maximum Gasteiger partial charge on any atom is 0.416 e. The maximum absolute atomic E-state index is 12.6. The molecule has 2 rings (SSSR count). The first-order valence-electron chi connectivity index (χ1n) is 7.34. The number of amides is 2. The number of para-hydroxylation sites is 1. The second kappa shape index (κ2) is 7.89. The van der Waals surface area contributed by atoms with Crippen LogP contribution in [0.15, 0.2) is 48.5 Å². The number of aliphatic hydroxyl groups excluding tert-OH is 1. The molecular weight excluding hydrogens is 337 g/mol. The van der Waals surface area contributed by atoms with Crippen LogP contribution in [-0.4, -0.2) is 24.8 Å². The summed E-state index contributed by atoms with van der Waals surface area (Å²) < 4.78 is 43.1. The van der Waals surface area contributed by atoms with Crippen molar-refractivity contribution >= 4 is 11.7 Å². The molecule has 0 aromatic heterocycles. The van der Waals surface area contributed by atoms with Gasteiger partial charge in [-0.15, -0.1) is 0 Å². The highest BCUT2D eigenvalue weighted by atomic mass is 19.4. The van der Waals surface area contributed by atoms with E-state index in [1.807, 2.05) is 0 Å². The van der Waals surface area contributed by atoms with Crippen molar-refractivity contribution in [1.29, 1.82) is 0 Å². The Kier molecular flexibility index (Phi) is 5.87. The van der Waals surface area contributed by atoms with Gasteiger partial charge in [0.2, 0.25) is 0 Å². The zero-order valence-corrected chi connectivity index (χ0v) is 13.3. The first kappa shape index (κ1) is 18.6. The molecule has 0 fully saturated rings. The van der Waals surface area contributed by atoms with Crippen molar-refractivity contribution < 1.29 is 27.8 Å². The van der Waals surface area contributed by atoms with E-state index in [9.17, 15) is 23.1 Å². The van der Waals surface area contributed by atoms with Gasteiger partial charge >= 0.3 is 12.2 Å². The molecule has 8 heteroatoms. The van der Waals surface area contributed by atoms with E-state index in [2.05, 4.69) is 10.6 Å². The molecule has 0 saturated heterocycles. The van der Waals surface area contributed by atoms with E-state index in [4.69, 9.17) is 4.74 Å². The number of halogens is 3. The van der Waals surface area contributed by atoms with Gasteiger partial charge in [0.15, 0.2) is 0 Å². The summed E-state index contributed by atoms with van der Waals surface area (Å²) in [5.41, 5.74) is -0.372. The lowest BCUT2D eigenvalue weighted by Crippen LogP contribution is -2.32. The van der Waals surface area contributed by atoms with Gasteiger partial charge in [-0.1, -0.05) is 24.3 Å². The zero-order valence-electron chi connectivity index (χ0n) is 13.3. The second-order valence-electron chi connectivity index (χ2n) is 5.17. The van der Waals surface area contributed by atoms with Gasteiger partial charge < -0.3 is 20.5 Å². The average molecular weight is 354 g/mol. The Hall–Kier alpha value is -2.74. The molecule has 2 aromatic carbocycles. The summed E-state index contributed by atoms with van der Waals surface area (Å²) in [5.74, 6) is 0.468. The number of nitrogens with one attached hydrogen (secondary N) is 2. The minimum atomic E-state index is -4.49. The van der Waals surface area contributed by atoms with Gasteiger partial charge in [0.05, 0.1) is 18.8 Å². The average Bonchev–Trinajstić information content (AvgIpc) is 2.59. The summed E-state index contributed by atoms with van der Waals surface area (Å²) >= 11 is 0. The van der Waals surface area contributed by atoms with Gasteiger partial charge in [-0.25, -0.2) is 4.79 Å². The molecule has 25 heavy (non-hydrogen) atoms. The Morgan fingerprint density at radius 1 is 1.20 bits per heavy atom. The Labute approximate surface area is 142 Å². The third kappa shape index (κ3) is 5.12. The monoisotopic (exact) mass is 354 g/mol. The van der Waals surface area contributed by atoms with Crippen LogP contribution in [0.3, 0.4) is 0 Å². The predicted molar refractivity (Wildman–Crippen MR) is 86.4 cm³/mol. The number of aliphatic hydroxyl groups is 1. The number of rotatable bonds is 5. The highest BCUT2D eigenvalue weighted by Crippen LogP contribution is 2.30. The molecule has 0 aliphatic rings. The molecule has 134 valence electrons. The molecule has 0 unspecified atom stereocenters. The number of anilines is 1. The predicted octanol–water partition coefficient (Wildman–Crippen LogP) is 3.57. The fraction of sp³-hybridized carbons (Fsp3) is 0.235. The molecule has 5 nitrogen and oxygen atoms in total. The third-order valence-corrected chi connectivity index (χ3v) is 3.40. The number of ether oxygens (including phenoxy) is 1.